The summed E-state index contributed by atoms with van der Waals surface area (Å²) in [4.78, 5) is 0. The zero-order chi connectivity index (χ0) is 7.68. The van der Waals surface area contributed by atoms with E-state index in [1.54, 1.807) is 6.07 Å². The van der Waals surface area contributed by atoms with E-state index >= 15 is 0 Å². The molecule has 0 unspecified atom stereocenters. The van der Waals surface area contributed by atoms with E-state index in [1.807, 2.05) is 12.1 Å². The Balaban J connectivity index is 2.51. The lowest BCUT2D eigenvalue weighted by Crippen LogP contribution is -1.86. The Labute approximate surface area is 65.0 Å². The summed E-state index contributed by atoms with van der Waals surface area (Å²) in [6, 6.07) is 7.66. The number of rotatable bonds is 0. The molecule has 0 saturated heterocycles. The normalized spacial score (nSPS) is 13.4. The highest BCUT2D eigenvalue weighted by Gasteiger charge is 2.11. The van der Waals surface area contributed by atoms with Crippen molar-refractivity contribution in [1.82, 2.24) is 0 Å². The molecule has 0 bridgehead atoms. The molecular weight excluding hydrogens is 138 g/mol. The van der Waals surface area contributed by atoms with Crippen LogP contribution in [0.25, 0.3) is 0 Å². The monoisotopic (exact) mass is 145 g/mol. The van der Waals surface area contributed by atoms with Gasteiger partial charge in [-0.2, -0.15) is 5.26 Å². The third-order valence-electron chi connectivity index (χ3n) is 1.83. The van der Waals surface area contributed by atoms with Gasteiger partial charge in [0.05, 0.1) is 18.2 Å². The lowest BCUT2D eigenvalue weighted by atomic mass is 10.1. The summed E-state index contributed by atoms with van der Waals surface area (Å²) in [6.45, 7) is 0.754. The lowest BCUT2D eigenvalue weighted by Gasteiger charge is -1.96. The van der Waals surface area contributed by atoms with Crippen LogP contribution in [0.1, 0.15) is 11.1 Å². The maximum atomic E-state index is 8.56. The summed E-state index contributed by atoms with van der Waals surface area (Å²) < 4.78 is 5.29. The molecule has 0 N–H and O–H groups in total. The predicted octanol–water partition coefficient (Wildman–Crippen LogP) is 1.49. The van der Waals surface area contributed by atoms with Gasteiger partial charge >= 0.3 is 0 Å². The minimum atomic E-state index is 0.672. The number of nitriles is 1. The standard InChI is InChI=1S/C9H7NO/c10-6-7-1-2-8-3-4-11-9(8)5-7/h1-2,5H,3-4H2. The molecule has 2 rings (SSSR count). The first-order valence-corrected chi connectivity index (χ1v) is 3.56. The van der Waals surface area contributed by atoms with Crippen molar-refractivity contribution < 1.29 is 4.74 Å². The summed E-state index contributed by atoms with van der Waals surface area (Å²) in [5, 5.41) is 8.56. The minimum absolute atomic E-state index is 0.672. The summed E-state index contributed by atoms with van der Waals surface area (Å²) in [6.07, 6.45) is 0.973. The van der Waals surface area contributed by atoms with E-state index in [1.165, 1.54) is 5.56 Å². The lowest BCUT2D eigenvalue weighted by molar-refractivity contribution is 0.356. The SMILES string of the molecule is N#Cc1ccc2c(c1)OCC2. The van der Waals surface area contributed by atoms with Crippen molar-refractivity contribution in [2.24, 2.45) is 0 Å². The number of hydrogen-bond donors (Lipinski definition) is 0. The molecule has 2 nitrogen and oxygen atoms in total. The van der Waals surface area contributed by atoms with Crippen molar-refractivity contribution in [1.29, 1.82) is 5.26 Å². The van der Waals surface area contributed by atoms with Crippen LogP contribution in [0.5, 0.6) is 5.75 Å². The molecule has 0 spiro atoms. The Hall–Kier alpha value is -1.49. The van der Waals surface area contributed by atoms with Crippen LogP contribution in [0.4, 0.5) is 0 Å². The number of fused-ring (bicyclic) bond motifs is 1. The third kappa shape index (κ3) is 0.947. The highest BCUT2D eigenvalue weighted by atomic mass is 16.5. The number of nitrogens with zero attached hydrogens (tertiary/aromatic N) is 1. The fourth-order valence-electron chi connectivity index (χ4n) is 1.24. The van der Waals surface area contributed by atoms with E-state index in [0.29, 0.717) is 5.56 Å². The van der Waals surface area contributed by atoms with Crippen LogP contribution >= 0.6 is 0 Å². The largest absolute Gasteiger partial charge is 0.493 e. The first-order valence-electron chi connectivity index (χ1n) is 3.56. The summed E-state index contributed by atoms with van der Waals surface area (Å²) >= 11 is 0. The van der Waals surface area contributed by atoms with E-state index in [4.69, 9.17) is 10.00 Å². The summed E-state index contributed by atoms with van der Waals surface area (Å²) in [5.74, 6) is 0.879. The molecule has 2 heteroatoms. The first kappa shape index (κ1) is 6.23. The van der Waals surface area contributed by atoms with Crippen LogP contribution in [0.15, 0.2) is 18.2 Å². The Bertz CT molecular complexity index is 325. The highest BCUT2D eigenvalue weighted by molar-refractivity contribution is 5.44. The fraction of sp³-hybridized carbons (Fsp3) is 0.222. The molecule has 54 valence electrons. The van der Waals surface area contributed by atoms with Gasteiger partial charge in [0.1, 0.15) is 5.75 Å². The van der Waals surface area contributed by atoms with Crippen LogP contribution in [-0.2, 0) is 6.42 Å². The molecule has 0 fully saturated rings. The van der Waals surface area contributed by atoms with Crippen molar-refractivity contribution in [3.8, 4) is 11.8 Å². The van der Waals surface area contributed by atoms with Crippen LogP contribution in [-0.4, -0.2) is 6.61 Å². The average Bonchev–Trinajstić information content (AvgIpc) is 2.50. The van der Waals surface area contributed by atoms with Gasteiger partial charge in [-0.1, -0.05) is 6.07 Å². The van der Waals surface area contributed by atoms with E-state index in [0.717, 1.165) is 18.8 Å². The zero-order valence-electron chi connectivity index (χ0n) is 6.00. The Morgan fingerprint density at radius 1 is 1.45 bits per heavy atom. The first-order chi connectivity index (χ1) is 5.40. The smallest absolute Gasteiger partial charge is 0.123 e. The van der Waals surface area contributed by atoms with Crippen LogP contribution in [0.2, 0.25) is 0 Å². The van der Waals surface area contributed by atoms with Gasteiger partial charge in [0.25, 0.3) is 0 Å². The van der Waals surface area contributed by atoms with E-state index in [2.05, 4.69) is 6.07 Å². The quantitative estimate of drug-likeness (QED) is 0.554. The highest BCUT2D eigenvalue weighted by Crippen LogP contribution is 2.25. The number of ether oxygens (including phenoxy) is 1. The van der Waals surface area contributed by atoms with Crippen molar-refractivity contribution >= 4 is 0 Å². The van der Waals surface area contributed by atoms with E-state index < -0.39 is 0 Å². The molecule has 0 aliphatic carbocycles. The summed E-state index contributed by atoms with van der Waals surface area (Å²) in [5.41, 5.74) is 1.88. The second kappa shape index (κ2) is 2.28. The van der Waals surface area contributed by atoms with Crippen LogP contribution < -0.4 is 4.74 Å². The minimum Gasteiger partial charge on any atom is -0.493 e. The molecule has 0 radical (unpaired) electrons. The Morgan fingerprint density at radius 3 is 3.18 bits per heavy atom. The van der Waals surface area contributed by atoms with Crippen molar-refractivity contribution in [3.05, 3.63) is 29.3 Å². The third-order valence-corrected chi connectivity index (χ3v) is 1.83. The van der Waals surface area contributed by atoms with E-state index in [9.17, 15) is 0 Å². The van der Waals surface area contributed by atoms with Gasteiger partial charge in [0, 0.05) is 6.42 Å². The van der Waals surface area contributed by atoms with Gasteiger partial charge in [0.15, 0.2) is 0 Å². The molecule has 1 aromatic rings. The molecule has 0 atom stereocenters. The molecule has 0 aromatic heterocycles. The molecule has 1 aliphatic heterocycles. The molecule has 11 heavy (non-hydrogen) atoms. The topological polar surface area (TPSA) is 33.0 Å². The van der Waals surface area contributed by atoms with E-state index in [-0.39, 0.29) is 0 Å². The Morgan fingerprint density at radius 2 is 2.36 bits per heavy atom. The summed E-state index contributed by atoms with van der Waals surface area (Å²) in [7, 11) is 0. The van der Waals surface area contributed by atoms with Crippen molar-refractivity contribution in [2.45, 2.75) is 6.42 Å². The molecule has 1 aromatic carbocycles. The predicted molar refractivity (Wildman–Crippen MR) is 40.4 cm³/mol. The Kier molecular flexibility index (Phi) is 1.29. The van der Waals surface area contributed by atoms with Gasteiger partial charge < -0.3 is 4.74 Å². The second-order valence-electron chi connectivity index (χ2n) is 2.53. The fourth-order valence-corrected chi connectivity index (χ4v) is 1.24. The molecular formula is C9H7NO. The van der Waals surface area contributed by atoms with Gasteiger partial charge in [-0.25, -0.2) is 0 Å². The van der Waals surface area contributed by atoms with Crippen LogP contribution in [0.3, 0.4) is 0 Å². The maximum Gasteiger partial charge on any atom is 0.123 e. The van der Waals surface area contributed by atoms with Crippen molar-refractivity contribution in [3.63, 3.8) is 0 Å². The maximum absolute atomic E-state index is 8.56. The van der Waals surface area contributed by atoms with Crippen LogP contribution in [0, 0.1) is 11.3 Å². The van der Waals surface area contributed by atoms with Gasteiger partial charge in [-0.15, -0.1) is 0 Å². The number of benzene rings is 1. The van der Waals surface area contributed by atoms with Gasteiger partial charge in [-0.05, 0) is 17.7 Å². The van der Waals surface area contributed by atoms with Crippen molar-refractivity contribution in [2.75, 3.05) is 6.61 Å². The number of hydrogen-bond acceptors (Lipinski definition) is 2. The molecule has 0 amide bonds. The molecule has 0 saturated carbocycles. The molecule has 1 heterocycles. The van der Waals surface area contributed by atoms with Gasteiger partial charge in [0.2, 0.25) is 0 Å². The molecule has 1 aliphatic rings. The second-order valence-corrected chi connectivity index (χ2v) is 2.53. The van der Waals surface area contributed by atoms with Gasteiger partial charge in [-0.3, -0.25) is 0 Å². The average molecular weight is 145 g/mol. The zero-order valence-corrected chi connectivity index (χ0v) is 6.00.